The second-order valence-electron chi connectivity index (χ2n) is 3.32. The molecule has 0 bridgehead atoms. The summed E-state index contributed by atoms with van der Waals surface area (Å²) in [5, 5.41) is 3.44. The van der Waals surface area contributed by atoms with Crippen molar-refractivity contribution in [1.29, 1.82) is 0 Å². The number of hydrogen-bond acceptors (Lipinski definition) is 2. The fourth-order valence-electron chi connectivity index (χ4n) is 1.35. The first-order valence-corrected chi connectivity index (χ1v) is 5.17. The zero-order valence-electron chi connectivity index (χ0n) is 8.94. The molecule has 0 radical (unpaired) electrons. The summed E-state index contributed by atoms with van der Waals surface area (Å²) in [5.41, 5.74) is 1.32. The van der Waals surface area contributed by atoms with Crippen molar-refractivity contribution in [3.05, 3.63) is 34.1 Å². The third-order valence-electron chi connectivity index (χ3n) is 2.15. The third-order valence-corrected chi connectivity index (χ3v) is 2.49. The molecule has 1 aromatic carbocycles. The van der Waals surface area contributed by atoms with E-state index in [1.165, 1.54) is 13.2 Å². The van der Waals surface area contributed by atoms with Crippen molar-refractivity contribution in [2.75, 3.05) is 20.7 Å². The Morgan fingerprint density at radius 3 is 2.73 bits per heavy atom. The van der Waals surface area contributed by atoms with E-state index in [0.29, 0.717) is 10.6 Å². The zero-order valence-corrected chi connectivity index (χ0v) is 9.70. The highest BCUT2D eigenvalue weighted by Gasteiger charge is 2.09. The quantitative estimate of drug-likeness (QED) is 0.840. The Balaban J connectivity index is 2.87. The molecule has 0 spiro atoms. The average molecular weight is 232 g/mol. The zero-order chi connectivity index (χ0) is 11.3. The number of halogens is 2. The Morgan fingerprint density at radius 2 is 2.20 bits per heavy atom. The largest absolute Gasteiger partial charge is 0.380 e. The number of ether oxygens (including phenoxy) is 1. The van der Waals surface area contributed by atoms with Crippen molar-refractivity contribution in [3.63, 3.8) is 0 Å². The lowest BCUT2D eigenvalue weighted by Crippen LogP contribution is -2.10. The van der Waals surface area contributed by atoms with E-state index in [9.17, 15) is 4.39 Å². The van der Waals surface area contributed by atoms with Gasteiger partial charge < -0.3 is 10.1 Å². The predicted molar refractivity (Wildman–Crippen MR) is 59.8 cm³/mol. The maximum atomic E-state index is 13.5. The molecule has 1 rings (SSSR count). The fourth-order valence-corrected chi connectivity index (χ4v) is 1.64. The molecule has 84 valence electrons. The molecule has 0 saturated heterocycles. The van der Waals surface area contributed by atoms with Crippen LogP contribution in [0.3, 0.4) is 0 Å². The molecule has 4 heteroatoms. The molecule has 0 fully saturated rings. The SMILES string of the molecule is CNCCc1cc(F)c(COC)c(Cl)c1. The number of benzene rings is 1. The lowest BCUT2D eigenvalue weighted by atomic mass is 10.1. The number of nitrogens with one attached hydrogen (secondary N) is 1. The lowest BCUT2D eigenvalue weighted by molar-refractivity contribution is 0.181. The standard InChI is InChI=1S/C11H15ClFNO/c1-14-4-3-8-5-10(12)9(7-15-2)11(13)6-8/h5-6,14H,3-4,7H2,1-2H3. The lowest BCUT2D eigenvalue weighted by Gasteiger charge is -2.08. The van der Waals surface area contributed by atoms with Crippen LogP contribution in [0.2, 0.25) is 5.02 Å². The van der Waals surface area contributed by atoms with Gasteiger partial charge >= 0.3 is 0 Å². The molecule has 0 aliphatic carbocycles. The first-order chi connectivity index (χ1) is 7.19. The summed E-state index contributed by atoms with van der Waals surface area (Å²) >= 11 is 5.95. The fraction of sp³-hybridized carbons (Fsp3) is 0.455. The van der Waals surface area contributed by atoms with Crippen LogP contribution in [0.4, 0.5) is 4.39 Å². The van der Waals surface area contributed by atoms with E-state index in [1.807, 2.05) is 7.05 Å². The summed E-state index contributed by atoms with van der Waals surface area (Å²) in [5.74, 6) is -0.296. The van der Waals surface area contributed by atoms with Crippen molar-refractivity contribution >= 4 is 11.6 Å². The number of methoxy groups -OCH3 is 1. The van der Waals surface area contributed by atoms with E-state index in [-0.39, 0.29) is 12.4 Å². The van der Waals surface area contributed by atoms with Crippen LogP contribution in [0, 0.1) is 5.82 Å². The minimum atomic E-state index is -0.296. The van der Waals surface area contributed by atoms with Crippen LogP contribution < -0.4 is 5.32 Å². The van der Waals surface area contributed by atoms with E-state index in [0.717, 1.165) is 18.5 Å². The van der Waals surface area contributed by atoms with Gasteiger partial charge in [0.1, 0.15) is 5.82 Å². The predicted octanol–water partition coefficient (Wildman–Crippen LogP) is 2.39. The first-order valence-electron chi connectivity index (χ1n) is 4.79. The van der Waals surface area contributed by atoms with Gasteiger partial charge in [0.05, 0.1) is 6.61 Å². The van der Waals surface area contributed by atoms with Crippen molar-refractivity contribution < 1.29 is 9.13 Å². The molecular formula is C11H15ClFNO. The Bertz CT molecular complexity index is 307. The molecule has 0 saturated carbocycles. The normalized spacial score (nSPS) is 10.7. The molecule has 1 aromatic rings. The summed E-state index contributed by atoms with van der Waals surface area (Å²) in [6.45, 7) is 1.01. The highest BCUT2D eigenvalue weighted by molar-refractivity contribution is 6.31. The van der Waals surface area contributed by atoms with Crippen LogP contribution in [0.25, 0.3) is 0 Å². The molecule has 15 heavy (non-hydrogen) atoms. The maximum absolute atomic E-state index is 13.5. The van der Waals surface area contributed by atoms with E-state index in [4.69, 9.17) is 16.3 Å². The summed E-state index contributed by atoms with van der Waals surface area (Å²) in [6, 6.07) is 3.30. The molecular weight excluding hydrogens is 217 g/mol. The Morgan fingerprint density at radius 1 is 1.47 bits per heavy atom. The van der Waals surface area contributed by atoms with Crippen LogP contribution in [-0.4, -0.2) is 20.7 Å². The molecule has 0 aliphatic heterocycles. The summed E-state index contributed by atoms with van der Waals surface area (Å²) in [7, 11) is 3.38. The number of rotatable bonds is 5. The van der Waals surface area contributed by atoms with Gasteiger partial charge in [-0.2, -0.15) is 0 Å². The molecule has 0 aliphatic rings. The minimum absolute atomic E-state index is 0.205. The highest BCUT2D eigenvalue weighted by atomic mass is 35.5. The van der Waals surface area contributed by atoms with Gasteiger partial charge in [-0.15, -0.1) is 0 Å². The smallest absolute Gasteiger partial charge is 0.130 e. The topological polar surface area (TPSA) is 21.3 Å². The Labute approximate surface area is 94.4 Å². The van der Waals surface area contributed by atoms with E-state index in [1.54, 1.807) is 6.07 Å². The van der Waals surface area contributed by atoms with Gasteiger partial charge in [-0.05, 0) is 37.7 Å². The van der Waals surface area contributed by atoms with Gasteiger partial charge in [-0.25, -0.2) is 4.39 Å². The van der Waals surface area contributed by atoms with Gasteiger partial charge in [0.2, 0.25) is 0 Å². The summed E-state index contributed by atoms with van der Waals surface area (Å²) in [6.07, 6.45) is 0.764. The van der Waals surface area contributed by atoms with Crippen LogP contribution in [0.1, 0.15) is 11.1 Å². The van der Waals surface area contributed by atoms with Crippen LogP contribution in [0.15, 0.2) is 12.1 Å². The van der Waals surface area contributed by atoms with Crippen LogP contribution in [-0.2, 0) is 17.8 Å². The third kappa shape index (κ3) is 3.45. The molecule has 1 N–H and O–H groups in total. The van der Waals surface area contributed by atoms with E-state index >= 15 is 0 Å². The van der Waals surface area contributed by atoms with Crippen molar-refractivity contribution in [2.45, 2.75) is 13.0 Å². The van der Waals surface area contributed by atoms with Crippen molar-refractivity contribution in [1.82, 2.24) is 5.32 Å². The summed E-state index contributed by atoms with van der Waals surface area (Å²) in [4.78, 5) is 0. The van der Waals surface area contributed by atoms with E-state index < -0.39 is 0 Å². The van der Waals surface area contributed by atoms with Gasteiger partial charge in [0.25, 0.3) is 0 Å². The minimum Gasteiger partial charge on any atom is -0.380 e. The second kappa shape index (κ2) is 6.05. The van der Waals surface area contributed by atoms with Gasteiger partial charge in [0.15, 0.2) is 0 Å². The second-order valence-corrected chi connectivity index (χ2v) is 3.73. The van der Waals surface area contributed by atoms with Gasteiger partial charge in [-0.3, -0.25) is 0 Å². The van der Waals surface area contributed by atoms with E-state index in [2.05, 4.69) is 5.32 Å². The van der Waals surface area contributed by atoms with Gasteiger partial charge in [-0.1, -0.05) is 11.6 Å². The average Bonchev–Trinajstić information content (AvgIpc) is 2.20. The number of hydrogen-bond donors (Lipinski definition) is 1. The molecule has 0 atom stereocenters. The molecule has 0 unspecified atom stereocenters. The molecule has 2 nitrogen and oxygen atoms in total. The van der Waals surface area contributed by atoms with Crippen LogP contribution in [0.5, 0.6) is 0 Å². The van der Waals surface area contributed by atoms with Crippen molar-refractivity contribution in [3.8, 4) is 0 Å². The monoisotopic (exact) mass is 231 g/mol. The highest BCUT2D eigenvalue weighted by Crippen LogP contribution is 2.22. The summed E-state index contributed by atoms with van der Waals surface area (Å²) < 4.78 is 18.4. The van der Waals surface area contributed by atoms with Gasteiger partial charge in [0, 0.05) is 17.7 Å². The number of likely N-dealkylation sites (N-methyl/N-ethyl adjacent to an activating group) is 1. The Kier molecular flexibility index (Phi) is 5.02. The maximum Gasteiger partial charge on any atom is 0.130 e. The molecule has 0 heterocycles. The van der Waals surface area contributed by atoms with Crippen LogP contribution >= 0.6 is 11.6 Å². The Hall–Kier alpha value is -0.640. The molecule has 0 amide bonds. The van der Waals surface area contributed by atoms with Crippen molar-refractivity contribution in [2.24, 2.45) is 0 Å². The molecule has 0 aromatic heterocycles. The first kappa shape index (κ1) is 12.4.